The molecular weight excluding hydrogens is 58.9 g/mol. The van der Waals surface area contributed by atoms with Crippen LogP contribution < -0.4 is 0 Å². The molecule has 0 amide bonds. The van der Waals surface area contributed by atoms with Crippen LogP contribution in [0.1, 0.15) is 6.42 Å². The van der Waals surface area contributed by atoms with Gasteiger partial charge in [0.25, 0.3) is 0 Å². The van der Waals surface area contributed by atoms with Crippen molar-refractivity contribution in [1.82, 2.24) is 0 Å². The fraction of sp³-hybridized carbons (Fsp3) is 1.00. The van der Waals surface area contributed by atoms with Gasteiger partial charge in [0.1, 0.15) is 6.71 Å². The predicted octanol–water partition coefficient (Wildman–Crippen LogP) is 1.51. The fourth-order valence-electron chi connectivity index (χ4n) is 0.612. The predicted molar refractivity (Wildman–Crippen MR) is 25.8 cm³/mol. The highest BCUT2D eigenvalue weighted by Crippen LogP contribution is 2.18. The normalized spacial score (nSPS) is 22.2. The number of hydrogen-bond acceptors (Lipinski definition) is 0. The van der Waals surface area contributed by atoms with Crippen molar-refractivity contribution in [1.29, 1.82) is 0 Å². The molecule has 1 heterocycles. The van der Waals surface area contributed by atoms with E-state index in [0.29, 0.717) is 0 Å². The average Bonchev–Trinajstić information content (AvgIpc) is 1.30. The first-order valence-corrected chi connectivity index (χ1v) is 2.39. The quantitative estimate of drug-likeness (QED) is 0.377. The van der Waals surface area contributed by atoms with Crippen molar-refractivity contribution in [2.45, 2.75) is 25.9 Å². The van der Waals surface area contributed by atoms with E-state index in [9.17, 15) is 0 Å². The second kappa shape index (κ2) is 1.04. The molecule has 0 N–H and O–H groups in total. The molecule has 0 saturated carbocycles. The molecule has 1 saturated heterocycles. The van der Waals surface area contributed by atoms with Crippen LogP contribution in [0.2, 0.25) is 19.5 Å². The Balaban J connectivity index is 2.08. The first-order chi connectivity index (χ1) is 2.39. The van der Waals surface area contributed by atoms with Crippen molar-refractivity contribution < 1.29 is 0 Å². The minimum absolute atomic E-state index is 1.06. The van der Waals surface area contributed by atoms with Crippen molar-refractivity contribution >= 4 is 6.71 Å². The third-order valence-corrected chi connectivity index (χ3v) is 1.39. The van der Waals surface area contributed by atoms with E-state index in [0.717, 1.165) is 6.71 Å². The van der Waals surface area contributed by atoms with Crippen LogP contribution >= 0.6 is 0 Å². The maximum Gasteiger partial charge on any atom is 0.136 e. The molecular formula is C4H9B. The summed E-state index contributed by atoms with van der Waals surface area (Å²) in [5.74, 6) is 0. The van der Waals surface area contributed by atoms with Crippen molar-refractivity contribution in [3.8, 4) is 0 Å². The minimum atomic E-state index is 1.06. The van der Waals surface area contributed by atoms with Crippen LogP contribution in [0, 0.1) is 0 Å². The van der Waals surface area contributed by atoms with Crippen LogP contribution in [0.3, 0.4) is 0 Å². The van der Waals surface area contributed by atoms with Gasteiger partial charge in [0.05, 0.1) is 0 Å². The van der Waals surface area contributed by atoms with Gasteiger partial charge < -0.3 is 0 Å². The van der Waals surface area contributed by atoms with Gasteiger partial charge in [-0.1, -0.05) is 25.9 Å². The highest BCUT2D eigenvalue weighted by Gasteiger charge is 2.13. The van der Waals surface area contributed by atoms with Crippen molar-refractivity contribution in [2.24, 2.45) is 0 Å². The Morgan fingerprint density at radius 3 is 1.80 bits per heavy atom. The summed E-state index contributed by atoms with van der Waals surface area (Å²) in [6.45, 7) is 3.37. The summed E-state index contributed by atoms with van der Waals surface area (Å²) in [7, 11) is 0. The van der Waals surface area contributed by atoms with Crippen molar-refractivity contribution in [3.63, 3.8) is 0 Å². The Morgan fingerprint density at radius 1 is 1.40 bits per heavy atom. The molecule has 1 rings (SSSR count). The molecule has 0 bridgehead atoms. The highest BCUT2D eigenvalue weighted by atomic mass is 13.9. The molecule has 0 radical (unpaired) electrons. The summed E-state index contributed by atoms with van der Waals surface area (Å²) in [6.07, 6.45) is 4.46. The summed E-state index contributed by atoms with van der Waals surface area (Å²) >= 11 is 0. The second-order valence-corrected chi connectivity index (χ2v) is 2.04. The molecule has 0 nitrogen and oxygen atoms in total. The summed E-state index contributed by atoms with van der Waals surface area (Å²) in [5.41, 5.74) is 0. The van der Waals surface area contributed by atoms with Crippen LogP contribution in [0.5, 0.6) is 0 Å². The summed E-state index contributed by atoms with van der Waals surface area (Å²) in [6, 6.07) is 0. The largest absolute Gasteiger partial charge is 0.136 e. The van der Waals surface area contributed by atoms with Gasteiger partial charge in [0.2, 0.25) is 0 Å². The topological polar surface area (TPSA) is 0 Å². The molecule has 0 aromatic carbocycles. The third-order valence-electron chi connectivity index (χ3n) is 1.39. The van der Waals surface area contributed by atoms with Gasteiger partial charge in [0.15, 0.2) is 0 Å². The molecule has 0 aromatic heterocycles. The Morgan fingerprint density at radius 2 is 1.80 bits per heavy atom. The summed E-state index contributed by atoms with van der Waals surface area (Å²) in [5, 5.41) is 0. The molecule has 0 atom stereocenters. The molecule has 28 valence electrons. The lowest BCUT2D eigenvalue weighted by atomic mass is 9.37. The van der Waals surface area contributed by atoms with Gasteiger partial charge in [-0.3, -0.25) is 0 Å². The molecule has 5 heavy (non-hydrogen) atoms. The molecule has 0 unspecified atom stereocenters. The van der Waals surface area contributed by atoms with Gasteiger partial charge in [0, 0.05) is 0 Å². The zero-order valence-corrected chi connectivity index (χ0v) is 3.70. The fourth-order valence-corrected chi connectivity index (χ4v) is 0.612. The zero-order valence-electron chi connectivity index (χ0n) is 3.70. The number of hydrogen-bond donors (Lipinski definition) is 0. The average molecular weight is 67.9 g/mol. The lowest BCUT2D eigenvalue weighted by Gasteiger charge is -2.15. The molecule has 1 heteroatoms. The maximum absolute atomic E-state index is 2.31. The smallest absolute Gasteiger partial charge is 0.0861 e. The van der Waals surface area contributed by atoms with Gasteiger partial charge in [-0.15, -0.1) is 0 Å². The monoisotopic (exact) mass is 68.1 g/mol. The Kier molecular flexibility index (Phi) is 0.677. The Hall–Kier alpha value is 0.0649. The second-order valence-electron chi connectivity index (χ2n) is 2.04. The Bertz CT molecular complexity index is 30.6. The molecule has 0 aliphatic carbocycles. The zero-order chi connectivity index (χ0) is 3.70. The van der Waals surface area contributed by atoms with Gasteiger partial charge in [-0.05, 0) is 0 Å². The molecule has 0 spiro atoms. The highest BCUT2D eigenvalue weighted by molar-refractivity contribution is 6.60. The first kappa shape index (κ1) is 3.26. The molecule has 1 fully saturated rings. The van der Waals surface area contributed by atoms with Crippen LogP contribution in [-0.4, -0.2) is 6.71 Å². The lowest BCUT2D eigenvalue weighted by molar-refractivity contribution is 0.942. The van der Waals surface area contributed by atoms with Gasteiger partial charge in [-0.25, -0.2) is 0 Å². The van der Waals surface area contributed by atoms with E-state index < -0.39 is 0 Å². The summed E-state index contributed by atoms with van der Waals surface area (Å²) < 4.78 is 0. The SMILES string of the molecule is CB1CCC1. The third kappa shape index (κ3) is 0.471. The van der Waals surface area contributed by atoms with Crippen LogP contribution in [0.25, 0.3) is 0 Å². The van der Waals surface area contributed by atoms with E-state index in [4.69, 9.17) is 0 Å². The van der Waals surface area contributed by atoms with E-state index >= 15 is 0 Å². The van der Waals surface area contributed by atoms with Crippen molar-refractivity contribution in [3.05, 3.63) is 0 Å². The van der Waals surface area contributed by atoms with E-state index in [2.05, 4.69) is 6.82 Å². The van der Waals surface area contributed by atoms with Crippen LogP contribution in [0.15, 0.2) is 0 Å². The Labute approximate surface area is 33.7 Å². The van der Waals surface area contributed by atoms with E-state index in [1.807, 2.05) is 0 Å². The van der Waals surface area contributed by atoms with Gasteiger partial charge in [-0.2, -0.15) is 0 Å². The standard InChI is InChI=1S/C4H9B/c1-5-3-2-4-5/h2-4H2,1H3. The molecule has 1 aliphatic rings. The first-order valence-electron chi connectivity index (χ1n) is 2.39. The molecule has 0 aromatic rings. The summed E-state index contributed by atoms with van der Waals surface area (Å²) in [4.78, 5) is 0. The van der Waals surface area contributed by atoms with Crippen LogP contribution in [-0.2, 0) is 0 Å². The van der Waals surface area contributed by atoms with E-state index in [-0.39, 0.29) is 0 Å². The molecule has 1 aliphatic heterocycles. The maximum atomic E-state index is 2.31. The lowest BCUT2D eigenvalue weighted by Crippen LogP contribution is -2.15. The van der Waals surface area contributed by atoms with E-state index in [1.165, 1.54) is 19.1 Å². The van der Waals surface area contributed by atoms with Gasteiger partial charge >= 0.3 is 0 Å². The van der Waals surface area contributed by atoms with Crippen molar-refractivity contribution in [2.75, 3.05) is 0 Å². The minimum Gasteiger partial charge on any atom is -0.0861 e. The number of rotatable bonds is 0. The van der Waals surface area contributed by atoms with Crippen LogP contribution in [0.4, 0.5) is 0 Å². The van der Waals surface area contributed by atoms with E-state index in [1.54, 1.807) is 0 Å².